The summed E-state index contributed by atoms with van der Waals surface area (Å²) in [5.74, 6) is -1.70. The largest absolute Gasteiger partial charge is 0.543 e. The van der Waals surface area contributed by atoms with Gasteiger partial charge in [-0.25, -0.2) is 0 Å². The number of pyridine rings is 1. The second-order valence-corrected chi connectivity index (χ2v) is 5.05. The fraction of sp³-hybridized carbons (Fsp3) is 0.0556. The Kier molecular flexibility index (Phi) is 4.01. The fourth-order valence-corrected chi connectivity index (χ4v) is 2.47. The van der Waals surface area contributed by atoms with Crippen molar-refractivity contribution in [2.45, 2.75) is 6.42 Å². The van der Waals surface area contributed by atoms with Crippen LogP contribution >= 0.6 is 0 Å². The molecule has 3 aromatic rings. The Morgan fingerprint density at radius 3 is 2.61 bits per heavy atom. The van der Waals surface area contributed by atoms with E-state index in [1.54, 1.807) is 12.1 Å². The second kappa shape index (κ2) is 6.27. The van der Waals surface area contributed by atoms with Gasteiger partial charge in [-0.2, -0.15) is 0 Å². The van der Waals surface area contributed by atoms with Crippen LogP contribution in [0.5, 0.6) is 0 Å². The Hall–Kier alpha value is -3.21. The summed E-state index contributed by atoms with van der Waals surface area (Å²) in [5.41, 5.74) is 0.804. The molecule has 5 heteroatoms. The molecule has 0 fully saturated rings. The van der Waals surface area contributed by atoms with Crippen molar-refractivity contribution < 1.29 is 14.7 Å². The van der Waals surface area contributed by atoms with E-state index in [1.807, 2.05) is 42.5 Å². The highest BCUT2D eigenvalue weighted by Gasteiger charge is 2.11. The lowest BCUT2D eigenvalue weighted by atomic mass is 10.1. The number of nitrogens with one attached hydrogen (secondary N) is 1. The number of hydrogen-bond donors (Lipinski definition) is 1. The molecule has 1 aromatic heterocycles. The van der Waals surface area contributed by atoms with Gasteiger partial charge in [-0.15, -0.1) is 0 Å². The molecule has 0 bridgehead atoms. The van der Waals surface area contributed by atoms with Crippen LogP contribution in [0.3, 0.4) is 0 Å². The number of carboxylic acids is 1. The van der Waals surface area contributed by atoms with E-state index < -0.39 is 5.97 Å². The molecule has 0 radical (unpaired) electrons. The lowest BCUT2D eigenvalue weighted by Gasteiger charge is -2.11. The highest BCUT2D eigenvalue weighted by molar-refractivity contribution is 6.03. The second-order valence-electron chi connectivity index (χ2n) is 5.05. The zero-order valence-corrected chi connectivity index (χ0v) is 12.2. The van der Waals surface area contributed by atoms with Crippen molar-refractivity contribution in [3.63, 3.8) is 0 Å². The average molecular weight is 305 g/mol. The van der Waals surface area contributed by atoms with Crippen molar-refractivity contribution in [1.29, 1.82) is 0 Å². The number of benzene rings is 2. The maximum atomic E-state index is 12.2. The van der Waals surface area contributed by atoms with Crippen LogP contribution < -0.4 is 10.4 Å². The van der Waals surface area contributed by atoms with Gasteiger partial charge in [0.15, 0.2) is 0 Å². The third-order valence-electron chi connectivity index (χ3n) is 3.50. The first-order chi connectivity index (χ1) is 11.1. The number of carbonyl (C=O) groups excluding carboxylic acids is 2. The summed E-state index contributed by atoms with van der Waals surface area (Å²) in [6.07, 6.45) is 1.28. The summed E-state index contributed by atoms with van der Waals surface area (Å²) in [6, 6.07) is 16.5. The van der Waals surface area contributed by atoms with Crippen LogP contribution in [0, 0.1) is 0 Å². The van der Waals surface area contributed by atoms with Gasteiger partial charge in [0.2, 0.25) is 5.91 Å². The van der Waals surface area contributed by atoms with Crippen molar-refractivity contribution in [1.82, 2.24) is 4.98 Å². The normalized spacial score (nSPS) is 10.4. The predicted octanol–water partition coefficient (Wildman–Crippen LogP) is 1.78. The number of carbonyl (C=O) groups is 2. The molecular weight excluding hydrogens is 292 g/mol. The third-order valence-corrected chi connectivity index (χ3v) is 3.50. The van der Waals surface area contributed by atoms with Crippen molar-refractivity contribution in [2.24, 2.45) is 0 Å². The number of fused-ring (bicyclic) bond motifs is 1. The van der Waals surface area contributed by atoms with Gasteiger partial charge in [0.25, 0.3) is 0 Å². The average Bonchev–Trinajstić information content (AvgIpc) is 2.55. The van der Waals surface area contributed by atoms with E-state index in [4.69, 9.17) is 0 Å². The first-order valence-electron chi connectivity index (χ1n) is 7.08. The highest BCUT2D eigenvalue weighted by atomic mass is 16.4. The fourth-order valence-electron chi connectivity index (χ4n) is 2.47. The Morgan fingerprint density at radius 2 is 1.78 bits per heavy atom. The number of nitrogens with zero attached hydrogens (tertiary/aromatic N) is 1. The highest BCUT2D eigenvalue weighted by Crippen LogP contribution is 2.23. The van der Waals surface area contributed by atoms with E-state index in [2.05, 4.69) is 10.3 Å². The van der Waals surface area contributed by atoms with Crippen LogP contribution in [0.25, 0.3) is 10.8 Å². The number of hydrogen-bond acceptors (Lipinski definition) is 4. The minimum absolute atomic E-state index is 0.0830. The molecule has 3 rings (SSSR count). The van der Waals surface area contributed by atoms with Crippen LogP contribution in [-0.2, 0) is 11.2 Å². The van der Waals surface area contributed by atoms with Crippen LogP contribution in [0.1, 0.15) is 16.1 Å². The Bertz CT molecular complexity index is 885. The van der Waals surface area contributed by atoms with Crippen LogP contribution in [0.4, 0.5) is 5.69 Å². The SMILES string of the molecule is O=C(Cc1cccnc1C(=O)[O-])Nc1cccc2ccccc12. The molecule has 0 spiro atoms. The number of aromatic nitrogens is 1. The number of carboxylic acid groups (broad SMARTS) is 1. The van der Waals surface area contributed by atoms with Gasteiger partial charge in [-0.3, -0.25) is 9.78 Å². The third kappa shape index (κ3) is 3.18. The van der Waals surface area contributed by atoms with Gasteiger partial charge in [0.1, 0.15) is 0 Å². The molecule has 1 heterocycles. The molecule has 1 N–H and O–H groups in total. The molecule has 0 aliphatic rings. The van der Waals surface area contributed by atoms with Gasteiger partial charge < -0.3 is 15.2 Å². The van der Waals surface area contributed by atoms with E-state index in [-0.39, 0.29) is 18.0 Å². The summed E-state index contributed by atoms with van der Waals surface area (Å²) < 4.78 is 0. The molecule has 0 saturated carbocycles. The molecule has 0 atom stereocenters. The number of rotatable bonds is 4. The van der Waals surface area contributed by atoms with E-state index in [0.717, 1.165) is 10.8 Å². The van der Waals surface area contributed by atoms with Gasteiger partial charge in [0, 0.05) is 17.3 Å². The summed E-state index contributed by atoms with van der Waals surface area (Å²) in [6.45, 7) is 0. The van der Waals surface area contributed by atoms with Crippen LogP contribution in [-0.4, -0.2) is 16.9 Å². The first-order valence-corrected chi connectivity index (χ1v) is 7.08. The van der Waals surface area contributed by atoms with E-state index in [9.17, 15) is 14.7 Å². The molecule has 114 valence electrons. The summed E-state index contributed by atoms with van der Waals surface area (Å²) in [4.78, 5) is 27.0. The van der Waals surface area contributed by atoms with Gasteiger partial charge in [0.05, 0.1) is 18.1 Å². The lowest BCUT2D eigenvalue weighted by Crippen LogP contribution is -2.26. The number of amides is 1. The minimum Gasteiger partial charge on any atom is -0.543 e. The zero-order valence-electron chi connectivity index (χ0n) is 12.2. The van der Waals surface area contributed by atoms with Gasteiger partial charge in [-0.05, 0) is 23.1 Å². The Balaban J connectivity index is 1.84. The van der Waals surface area contributed by atoms with Crippen LogP contribution in [0.2, 0.25) is 0 Å². The number of anilines is 1. The lowest BCUT2D eigenvalue weighted by molar-refractivity contribution is -0.255. The van der Waals surface area contributed by atoms with Gasteiger partial charge in [-0.1, -0.05) is 42.5 Å². The molecule has 0 aliphatic heterocycles. The van der Waals surface area contributed by atoms with E-state index in [1.165, 1.54) is 6.20 Å². The molecule has 2 aromatic carbocycles. The van der Waals surface area contributed by atoms with Crippen molar-refractivity contribution in [2.75, 3.05) is 5.32 Å². The minimum atomic E-state index is -1.39. The molecule has 0 aliphatic carbocycles. The summed E-state index contributed by atoms with van der Waals surface area (Å²) in [7, 11) is 0. The monoisotopic (exact) mass is 305 g/mol. The summed E-state index contributed by atoms with van der Waals surface area (Å²) >= 11 is 0. The number of aromatic carboxylic acids is 1. The molecular formula is C18H13N2O3-. The maximum absolute atomic E-state index is 12.2. The molecule has 0 unspecified atom stereocenters. The summed E-state index contributed by atoms with van der Waals surface area (Å²) in [5, 5.41) is 15.8. The first kappa shape index (κ1) is 14.7. The quantitative estimate of drug-likeness (QED) is 0.796. The zero-order chi connectivity index (χ0) is 16.2. The maximum Gasteiger partial charge on any atom is 0.228 e. The predicted molar refractivity (Wildman–Crippen MR) is 84.8 cm³/mol. The topological polar surface area (TPSA) is 82.1 Å². The van der Waals surface area contributed by atoms with E-state index in [0.29, 0.717) is 11.3 Å². The van der Waals surface area contributed by atoms with Gasteiger partial charge >= 0.3 is 0 Å². The van der Waals surface area contributed by atoms with Crippen molar-refractivity contribution in [3.05, 3.63) is 72.1 Å². The molecule has 23 heavy (non-hydrogen) atoms. The van der Waals surface area contributed by atoms with Crippen molar-refractivity contribution >= 4 is 28.3 Å². The van der Waals surface area contributed by atoms with Crippen LogP contribution in [0.15, 0.2) is 60.8 Å². The van der Waals surface area contributed by atoms with Crippen molar-refractivity contribution in [3.8, 4) is 0 Å². The Morgan fingerprint density at radius 1 is 1.00 bits per heavy atom. The smallest absolute Gasteiger partial charge is 0.228 e. The molecule has 1 amide bonds. The Labute approximate surface area is 132 Å². The molecule has 5 nitrogen and oxygen atoms in total. The van der Waals surface area contributed by atoms with E-state index >= 15 is 0 Å². The molecule has 0 saturated heterocycles. The standard InChI is InChI=1S/C18H14N2O3/c21-16(11-13-7-4-10-19-17(13)18(22)23)20-15-9-3-6-12-5-1-2-8-14(12)15/h1-10H,11H2,(H,20,21)(H,22,23)/p-1.